The summed E-state index contributed by atoms with van der Waals surface area (Å²) in [5.41, 5.74) is 1.91. The van der Waals surface area contributed by atoms with Gasteiger partial charge in [0.05, 0.1) is 36.8 Å². The molecule has 190 valence electrons. The number of cyclic esters (lactones) is 1. The lowest BCUT2D eigenvalue weighted by Gasteiger charge is -2.28. The van der Waals surface area contributed by atoms with Crippen molar-refractivity contribution in [2.24, 2.45) is 0 Å². The van der Waals surface area contributed by atoms with Gasteiger partial charge in [-0.1, -0.05) is 6.07 Å². The molecule has 1 amide bonds. The van der Waals surface area contributed by atoms with Crippen LogP contribution in [0.5, 0.6) is 0 Å². The fraction of sp³-hybridized carbons (Fsp3) is 0.478. The van der Waals surface area contributed by atoms with Crippen LogP contribution in [-0.2, 0) is 22.1 Å². The van der Waals surface area contributed by atoms with Crippen LogP contribution in [0.4, 0.5) is 39.5 Å². The summed E-state index contributed by atoms with van der Waals surface area (Å²) >= 11 is 0. The molecular formula is C23H27F4N5O3. The van der Waals surface area contributed by atoms with Gasteiger partial charge >= 0.3 is 12.3 Å². The average molecular weight is 497 g/mol. The number of hydrazine groups is 1. The molecule has 3 heterocycles. The lowest BCUT2D eigenvalue weighted by molar-refractivity contribution is -0.137. The number of aromatic nitrogens is 1. The first kappa shape index (κ1) is 25.0. The van der Waals surface area contributed by atoms with Crippen LogP contribution in [0, 0.1) is 5.82 Å². The molecule has 12 heteroatoms. The van der Waals surface area contributed by atoms with Gasteiger partial charge in [-0.15, -0.1) is 0 Å². The minimum atomic E-state index is -4.71. The molecule has 0 unspecified atom stereocenters. The summed E-state index contributed by atoms with van der Waals surface area (Å²) in [6.07, 6.45) is -2.79. The van der Waals surface area contributed by atoms with Gasteiger partial charge in [-0.05, 0) is 37.1 Å². The van der Waals surface area contributed by atoms with Crippen LogP contribution in [0.25, 0.3) is 0 Å². The van der Waals surface area contributed by atoms with Gasteiger partial charge in [0.25, 0.3) is 0 Å². The largest absolute Gasteiger partial charge is 0.448 e. The third kappa shape index (κ3) is 6.73. The topological polar surface area (TPSA) is 79.0 Å². The Morgan fingerprint density at radius 2 is 1.86 bits per heavy atom. The van der Waals surface area contributed by atoms with Crippen molar-refractivity contribution in [1.29, 1.82) is 0 Å². The van der Waals surface area contributed by atoms with Gasteiger partial charge in [-0.25, -0.2) is 19.2 Å². The lowest BCUT2D eigenvalue weighted by Crippen LogP contribution is -2.42. The number of halogens is 4. The van der Waals surface area contributed by atoms with Crippen molar-refractivity contribution >= 4 is 23.3 Å². The number of anilines is 3. The van der Waals surface area contributed by atoms with Crippen LogP contribution in [0.3, 0.4) is 0 Å². The van der Waals surface area contributed by atoms with E-state index in [9.17, 15) is 22.4 Å². The van der Waals surface area contributed by atoms with Crippen LogP contribution in [0.2, 0.25) is 0 Å². The Hall–Kier alpha value is -3.12. The first-order chi connectivity index (χ1) is 16.8. The number of carbonyl (C=O) groups is 1. The van der Waals surface area contributed by atoms with E-state index < -0.39 is 29.3 Å². The van der Waals surface area contributed by atoms with Crippen molar-refractivity contribution < 1.29 is 31.8 Å². The normalized spacial score (nSPS) is 17.3. The number of nitrogens with one attached hydrogen (secondary N) is 2. The van der Waals surface area contributed by atoms with Gasteiger partial charge < -0.3 is 14.8 Å². The van der Waals surface area contributed by atoms with Gasteiger partial charge in [0, 0.05) is 38.3 Å². The molecule has 2 N–H and O–H groups in total. The molecule has 2 saturated heterocycles. The highest BCUT2D eigenvalue weighted by Gasteiger charge is 2.35. The monoisotopic (exact) mass is 497 g/mol. The molecule has 2 aliphatic heterocycles. The summed E-state index contributed by atoms with van der Waals surface area (Å²) in [5, 5.41) is 3.69. The quantitative estimate of drug-likeness (QED) is 0.523. The maximum Gasteiger partial charge on any atom is 0.428 e. The molecule has 35 heavy (non-hydrogen) atoms. The Morgan fingerprint density at radius 3 is 2.57 bits per heavy atom. The van der Waals surface area contributed by atoms with Crippen molar-refractivity contribution in [3.63, 3.8) is 0 Å². The molecule has 1 aromatic heterocycles. The zero-order valence-corrected chi connectivity index (χ0v) is 19.0. The van der Waals surface area contributed by atoms with E-state index in [1.165, 1.54) is 12.1 Å². The molecule has 2 aliphatic rings. The van der Waals surface area contributed by atoms with Crippen LogP contribution in [0.15, 0.2) is 30.5 Å². The minimum Gasteiger partial charge on any atom is -0.448 e. The molecule has 0 atom stereocenters. The smallest absolute Gasteiger partial charge is 0.428 e. The molecule has 1 aromatic carbocycles. The zero-order chi connectivity index (χ0) is 24.8. The van der Waals surface area contributed by atoms with Gasteiger partial charge in [0.15, 0.2) is 0 Å². The summed E-state index contributed by atoms with van der Waals surface area (Å²) in [5.74, 6) is -0.547. The van der Waals surface area contributed by atoms with E-state index in [0.29, 0.717) is 19.0 Å². The van der Waals surface area contributed by atoms with Crippen molar-refractivity contribution in [2.75, 3.05) is 56.7 Å². The fourth-order valence-corrected chi connectivity index (χ4v) is 3.93. The molecule has 0 bridgehead atoms. The van der Waals surface area contributed by atoms with E-state index >= 15 is 0 Å². The summed E-state index contributed by atoms with van der Waals surface area (Å²) in [6.45, 7) is 4.54. The summed E-state index contributed by atoms with van der Waals surface area (Å²) < 4.78 is 65.4. The number of pyridine rings is 1. The number of benzene rings is 1. The number of aryl methyl sites for hydroxylation is 1. The number of rotatable bonds is 8. The first-order valence-electron chi connectivity index (χ1n) is 11.4. The second kappa shape index (κ2) is 11.1. The summed E-state index contributed by atoms with van der Waals surface area (Å²) in [4.78, 5) is 17.9. The average Bonchev–Trinajstić information content (AvgIpc) is 2.82. The Bertz CT molecular complexity index is 1030. The predicted octanol–water partition coefficient (Wildman–Crippen LogP) is 4.42. The third-order valence-corrected chi connectivity index (χ3v) is 5.78. The second-order valence-electron chi connectivity index (χ2n) is 8.34. The molecule has 2 aromatic rings. The number of morpholine rings is 1. The molecule has 0 saturated carbocycles. The van der Waals surface area contributed by atoms with Crippen molar-refractivity contribution in [3.8, 4) is 0 Å². The maximum absolute atomic E-state index is 14.7. The number of hydrogen-bond donors (Lipinski definition) is 2. The first-order valence-corrected chi connectivity index (χ1v) is 11.4. The second-order valence-corrected chi connectivity index (χ2v) is 8.34. The molecule has 0 spiro atoms. The van der Waals surface area contributed by atoms with Crippen LogP contribution >= 0.6 is 0 Å². The number of alkyl halides is 3. The number of ether oxygens (including phenoxy) is 2. The molecule has 0 radical (unpaired) electrons. The van der Waals surface area contributed by atoms with Crippen molar-refractivity contribution in [2.45, 2.75) is 25.4 Å². The van der Waals surface area contributed by atoms with Crippen LogP contribution < -0.4 is 10.7 Å². The number of nitrogens with zero attached hydrogens (tertiary/aromatic N) is 3. The maximum atomic E-state index is 14.7. The molecule has 4 rings (SSSR count). The number of carbonyl (C=O) groups excluding carboxylic acids is 1. The lowest BCUT2D eigenvalue weighted by atomic mass is 10.1. The predicted molar refractivity (Wildman–Crippen MR) is 121 cm³/mol. The number of amides is 1. The van der Waals surface area contributed by atoms with Crippen LogP contribution in [0.1, 0.15) is 24.0 Å². The standard InChI is InChI=1S/C23H27F4N5O3/c24-18-13-16(3-1-6-31-8-11-34-12-9-31)4-5-19(18)29-21-14-20(17(15-28-21)23(25,26)27)30-32-7-2-10-35-22(32)33/h4-5,13-15H,1-3,6-12H2,(H2,28,29,30). The summed E-state index contributed by atoms with van der Waals surface area (Å²) in [6, 6.07) is 5.81. The van der Waals surface area contributed by atoms with E-state index in [-0.39, 0.29) is 24.7 Å². The fourth-order valence-electron chi connectivity index (χ4n) is 3.93. The van der Waals surface area contributed by atoms with Gasteiger partial charge in [-0.3, -0.25) is 10.3 Å². The van der Waals surface area contributed by atoms with Crippen molar-refractivity contribution in [3.05, 3.63) is 47.4 Å². The SMILES string of the molecule is O=C1OCCCN1Nc1cc(Nc2ccc(CCCN3CCOCC3)cc2F)ncc1C(F)(F)F. The molecular weight excluding hydrogens is 470 g/mol. The van der Waals surface area contributed by atoms with E-state index in [2.05, 4.69) is 20.6 Å². The van der Waals surface area contributed by atoms with Gasteiger partial charge in [-0.2, -0.15) is 13.2 Å². The van der Waals surface area contributed by atoms with E-state index in [1.54, 1.807) is 6.07 Å². The molecule has 2 fully saturated rings. The third-order valence-electron chi connectivity index (χ3n) is 5.78. The number of hydrogen-bond acceptors (Lipinski definition) is 7. The highest BCUT2D eigenvalue weighted by Crippen LogP contribution is 2.36. The van der Waals surface area contributed by atoms with E-state index in [4.69, 9.17) is 9.47 Å². The minimum absolute atomic E-state index is 0.00940. The van der Waals surface area contributed by atoms with Gasteiger partial charge in [0.2, 0.25) is 0 Å². The Labute approximate surface area is 200 Å². The zero-order valence-electron chi connectivity index (χ0n) is 19.0. The Balaban J connectivity index is 1.43. The van der Waals surface area contributed by atoms with Crippen LogP contribution in [-0.4, -0.2) is 67.0 Å². The van der Waals surface area contributed by atoms with Crippen molar-refractivity contribution in [1.82, 2.24) is 14.9 Å². The Morgan fingerprint density at radius 1 is 1.06 bits per heavy atom. The molecule has 0 aliphatic carbocycles. The summed E-state index contributed by atoms with van der Waals surface area (Å²) in [7, 11) is 0. The highest BCUT2D eigenvalue weighted by molar-refractivity contribution is 5.72. The van der Waals surface area contributed by atoms with E-state index in [1.807, 2.05) is 0 Å². The molecule has 8 nitrogen and oxygen atoms in total. The Kier molecular flexibility index (Phi) is 7.91. The van der Waals surface area contributed by atoms with Gasteiger partial charge in [0.1, 0.15) is 11.6 Å². The highest BCUT2D eigenvalue weighted by atomic mass is 19.4. The van der Waals surface area contributed by atoms with E-state index in [0.717, 1.165) is 55.9 Å².